The lowest BCUT2D eigenvalue weighted by molar-refractivity contribution is -0.302. The van der Waals surface area contributed by atoms with Gasteiger partial charge >= 0.3 is 0 Å². The van der Waals surface area contributed by atoms with Crippen molar-refractivity contribution in [2.45, 2.75) is 185 Å². The molecule has 1 aliphatic heterocycles. The molecule has 0 saturated carbocycles. The first-order chi connectivity index (χ1) is 27.8. The minimum Gasteiger partial charge on any atom is -0.394 e. The second-order valence-electron chi connectivity index (χ2n) is 14.7. The molecule has 1 rings (SSSR count). The van der Waals surface area contributed by atoms with E-state index in [2.05, 4.69) is 104 Å². The highest BCUT2D eigenvalue weighted by Crippen LogP contribution is 2.22. The zero-order valence-corrected chi connectivity index (χ0v) is 35.3. The van der Waals surface area contributed by atoms with Crippen molar-refractivity contribution in [3.8, 4) is 0 Å². The number of hydrogen-bond donors (Lipinski definition) is 6. The van der Waals surface area contributed by atoms with E-state index in [0.29, 0.717) is 6.42 Å². The molecular weight excluding hydrogens is 719 g/mol. The van der Waals surface area contributed by atoms with Crippen molar-refractivity contribution in [1.29, 1.82) is 0 Å². The molecule has 7 unspecified atom stereocenters. The fourth-order valence-electron chi connectivity index (χ4n) is 6.10. The third-order valence-electron chi connectivity index (χ3n) is 9.60. The van der Waals surface area contributed by atoms with Gasteiger partial charge in [0, 0.05) is 6.42 Å². The molecule has 1 fully saturated rings. The zero-order valence-electron chi connectivity index (χ0n) is 35.3. The number of unbranched alkanes of at least 4 members (excludes halogenated alkanes) is 10. The van der Waals surface area contributed by atoms with Crippen LogP contribution in [0.25, 0.3) is 0 Å². The summed E-state index contributed by atoms with van der Waals surface area (Å²) in [7, 11) is 0. The number of carbonyl (C=O) groups is 1. The van der Waals surface area contributed by atoms with Crippen LogP contribution in [0.15, 0.2) is 97.2 Å². The van der Waals surface area contributed by atoms with E-state index in [-0.39, 0.29) is 12.5 Å². The smallest absolute Gasteiger partial charge is 0.220 e. The molecule has 9 heteroatoms. The van der Waals surface area contributed by atoms with Crippen molar-refractivity contribution in [2.75, 3.05) is 13.2 Å². The number of carbonyl (C=O) groups excluding carboxylic acids is 1. The highest BCUT2D eigenvalue weighted by molar-refractivity contribution is 5.76. The molecule has 0 bridgehead atoms. The predicted molar refractivity (Wildman–Crippen MR) is 234 cm³/mol. The number of ether oxygens (including phenoxy) is 2. The van der Waals surface area contributed by atoms with Gasteiger partial charge in [0.15, 0.2) is 6.29 Å². The Morgan fingerprint density at radius 3 is 1.67 bits per heavy atom. The van der Waals surface area contributed by atoms with Crippen LogP contribution in [-0.4, -0.2) is 87.5 Å². The fraction of sp³-hybridized carbons (Fsp3) is 0.646. The summed E-state index contributed by atoms with van der Waals surface area (Å²) in [5.74, 6) is -0.210. The van der Waals surface area contributed by atoms with Gasteiger partial charge in [0.25, 0.3) is 0 Å². The summed E-state index contributed by atoms with van der Waals surface area (Å²) in [5.41, 5.74) is 0. The van der Waals surface area contributed by atoms with Crippen LogP contribution < -0.4 is 5.32 Å². The summed E-state index contributed by atoms with van der Waals surface area (Å²) in [5, 5.41) is 54.0. The minimum absolute atomic E-state index is 0.210. The first-order valence-electron chi connectivity index (χ1n) is 22.0. The highest BCUT2D eigenvalue weighted by atomic mass is 16.7. The van der Waals surface area contributed by atoms with Crippen molar-refractivity contribution >= 4 is 5.91 Å². The number of amides is 1. The molecule has 0 radical (unpaired) electrons. The molecule has 6 N–H and O–H groups in total. The van der Waals surface area contributed by atoms with Gasteiger partial charge in [-0.25, -0.2) is 0 Å². The van der Waals surface area contributed by atoms with E-state index in [0.717, 1.165) is 103 Å². The summed E-state index contributed by atoms with van der Waals surface area (Å²) in [6, 6.07) is -0.838. The number of aliphatic hydroxyl groups is 5. The third kappa shape index (κ3) is 28.2. The molecule has 1 saturated heterocycles. The molecule has 1 heterocycles. The molecule has 1 aliphatic rings. The van der Waals surface area contributed by atoms with Gasteiger partial charge in [-0.1, -0.05) is 150 Å². The van der Waals surface area contributed by atoms with Crippen molar-refractivity contribution < 1.29 is 39.8 Å². The van der Waals surface area contributed by atoms with Crippen LogP contribution in [0.4, 0.5) is 0 Å². The standard InChI is InChI=1S/C48H79NO8/c1-3-5-7-9-11-13-15-16-17-18-19-20-21-22-23-24-25-26-28-30-32-34-36-38-44(52)49-41(40-56-48-47(55)46(54)45(53)43(39-50)57-48)42(51)37-35-33-31-29-27-14-12-10-8-6-4-2/h5,7-8,10-11,13,16-17,19-20,22-23,27,29,35,37,41-43,45-48,50-51,53-55H,3-4,6,9,12,14-15,18,21,24-26,28,30-34,36,38-40H2,1-2H3,(H,49,52)/b7-5-,10-8+,13-11-,17-16-,20-19-,23-22-,29-27+,37-35+. The molecule has 0 aromatic rings. The maximum atomic E-state index is 12.9. The molecule has 324 valence electrons. The normalized spacial score (nSPS) is 22.0. The van der Waals surface area contributed by atoms with Crippen LogP contribution in [0.1, 0.15) is 142 Å². The first-order valence-corrected chi connectivity index (χ1v) is 22.0. The summed E-state index contributed by atoms with van der Waals surface area (Å²) in [6.07, 6.45) is 46.0. The molecule has 0 aromatic carbocycles. The summed E-state index contributed by atoms with van der Waals surface area (Å²) < 4.78 is 11.2. The van der Waals surface area contributed by atoms with E-state index in [1.807, 2.05) is 6.08 Å². The lowest BCUT2D eigenvalue weighted by Gasteiger charge is -2.40. The topological polar surface area (TPSA) is 149 Å². The maximum Gasteiger partial charge on any atom is 0.220 e. The van der Waals surface area contributed by atoms with E-state index in [1.54, 1.807) is 6.08 Å². The average molecular weight is 798 g/mol. The lowest BCUT2D eigenvalue weighted by Crippen LogP contribution is -2.60. The van der Waals surface area contributed by atoms with Gasteiger partial charge in [0.1, 0.15) is 24.4 Å². The van der Waals surface area contributed by atoms with E-state index in [4.69, 9.17) is 9.47 Å². The molecule has 0 aromatic heterocycles. The molecule has 7 atom stereocenters. The lowest BCUT2D eigenvalue weighted by atomic mass is 9.99. The van der Waals surface area contributed by atoms with Gasteiger partial charge < -0.3 is 40.3 Å². The molecule has 0 aliphatic carbocycles. The van der Waals surface area contributed by atoms with E-state index < -0.39 is 49.5 Å². The minimum atomic E-state index is -1.58. The van der Waals surface area contributed by atoms with Gasteiger partial charge in [-0.3, -0.25) is 4.79 Å². The quantitative estimate of drug-likeness (QED) is 0.0279. The zero-order chi connectivity index (χ0) is 41.6. The number of allylic oxidation sites excluding steroid dienone is 15. The molecule has 0 spiro atoms. The Kier molecular flexibility index (Phi) is 34.2. The average Bonchev–Trinajstić information content (AvgIpc) is 3.21. The predicted octanol–water partition coefficient (Wildman–Crippen LogP) is 8.94. The number of aliphatic hydroxyl groups excluding tert-OH is 5. The summed E-state index contributed by atoms with van der Waals surface area (Å²) in [4.78, 5) is 12.9. The van der Waals surface area contributed by atoms with E-state index in [1.165, 1.54) is 19.3 Å². The van der Waals surface area contributed by atoms with Crippen LogP contribution in [0, 0.1) is 0 Å². The largest absolute Gasteiger partial charge is 0.394 e. The van der Waals surface area contributed by atoms with Crippen molar-refractivity contribution in [1.82, 2.24) is 5.32 Å². The summed E-state index contributed by atoms with van der Waals surface area (Å²) >= 11 is 0. The van der Waals surface area contributed by atoms with Crippen molar-refractivity contribution in [3.63, 3.8) is 0 Å². The second kappa shape index (κ2) is 37.4. The Morgan fingerprint density at radius 1 is 0.614 bits per heavy atom. The Bertz CT molecular complexity index is 1200. The van der Waals surface area contributed by atoms with Crippen LogP contribution in [0.5, 0.6) is 0 Å². The summed E-state index contributed by atoms with van der Waals surface area (Å²) in [6.45, 7) is 3.52. The Morgan fingerprint density at radius 2 is 1.11 bits per heavy atom. The second-order valence-corrected chi connectivity index (χ2v) is 14.7. The molecule has 9 nitrogen and oxygen atoms in total. The van der Waals surface area contributed by atoms with E-state index in [9.17, 15) is 30.3 Å². The van der Waals surface area contributed by atoms with Crippen molar-refractivity contribution in [3.05, 3.63) is 97.2 Å². The van der Waals surface area contributed by atoms with Crippen LogP contribution in [0.2, 0.25) is 0 Å². The van der Waals surface area contributed by atoms with Crippen molar-refractivity contribution in [2.24, 2.45) is 0 Å². The molecule has 1 amide bonds. The van der Waals surface area contributed by atoms with Gasteiger partial charge in [-0.05, 0) is 83.5 Å². The number of rotatable bonds is 34. The Balaban J connectivity index is 2.35. The third-order valence-corrected chi connectivity index (χ3v) is 9.60. The van der Waals surface area contributed by atoms with Crippen LogP contribution in [0.3, 0.4) is 0 Å². The first kappa shape index (κ1) is 52.1. The number of nitrogens with one attached hydrogen (secondary N) is 1. The Labute approximate surface area is 345 Å². The van der Waals surface area contributed by atoms with Crippen LogP contribution >= 0.6 is 0 Å². The maximum absolute atomic E-state index is 12.9. The van der Waals surface area contributed by atoms with Gasteiger partial charge in [-0.15, -0.1) is 0 Å². The SMILES string of the molecule is CC/C=C\C/C=C\C/C=C\C/C=C\C/C=C\CCCCCCCCCC(=O)NC(COC1OC(CO)C(O)C(O)C1O)C(O)/C=C/CC/C=C/CC/C=C/CCC. The fourth-order valence-corrected chi connectivity index (χ4v) is 6.10. The monoisotopic (exact) mass is 798 g/mol. The van der Waals surface area contributed by atoms with Gasteiger partial charge in [0.05, 0.1) is 25.4 Å². The highest BCUT2D eigenvalue weighted by Gasteiger charge is 2.44. The van der Waals surface area contributed by atoms with E-state index >= 15 is 0 Å². The number of hydrogen-bond acceptors (Lipinski definition) is 8. The van der Waals surface area contributed by atoms with Gasteiger partial charge in [0.2, 0.25) is 5.91 Å². The Hall–Kier alpha value is -2.89. The molecular formula is C48H79NO8. The van der Waals surface area contributed by atoms with Crippen LogP contribution in [-0.2, 0) is 14.3 Å². The molecule has 57 heavy (non-hydrogen) atoms. The van der Waals surface area contributed by atoms with Gasteiger partial charge in [-0.2, -0.15) is 0 Å².